The number of hydrogen-bond donors (Lipinski definition) is 1. The fourth-order valence-corrected chi connectivity index (χ4v) is 2.78. The van der Waals surface area contributed by atoms with E-state index in [4.69, 9.17) is 35.4 Å². The van der Waals surface area contributed by atoms with Gasteiger partial charge in [-0.2, -0.15) is 5.10 Å². The van der Waals surface area contributed by atoms with Crippen molar-refractivity contribution in [1.29, 1.82) is 0 Å². The number of aromatic amines is 1. The third-order valence-corrected chi connectivity index (χ3v) is 4.03. The third-order valence-electron chi connectivity index (χ3n) is 3.29. The van der Waals surface area contributed by atoms with Gasteiger partial charge in [-0.15, -0.1) is 0 Å². The molecule has 0 fully saturated rings. The number of nitrogens with zero attached hydrogens (tertiary/aromatic N) is 5. The third kappa shape index (κ3) is 2.52. The van der Waals surface area contributed by atoms with Crippen LogP contribution in [0.3, 0.4) is 0 Å². The summed E-state index contributed by atoms with van der Waals surface area (Å²) in [5, 5.41) is 8.09. The Morgan fingerprint density at radius 3 is 2.83 bits per heavy atom. The first-order valence-electron chi connectivity index (χ1n) is 6.56. The van der Waals surface area contributed by atoms with Gasteiger partial charge < -0.3 is 4.40 Å². The molecule has 0 spiro atoms. The molecule has 4 rings (SSSR count). The Morgan fingerprint density at radius 1 is 1.17 bits per heavy atom. The molecule has 4 aromatic rings. The molecule has 0 atom stereocenters. The molecular weight excluding hydrogens is 355 g/mol. The smallest absolute Gasteiger partial charge is 0.200 e. The summed E-state index contributed by atoms with van der Waals surface area (Å²) < 4.78 is 4.06. The van der Waals surface area contributed by atoms with Crippen LogP contribution in [0.4, 0.5) is 0 Å². The minimum Gasteiger partial charge on any atom is -0.306 e. The number of rotatable bonds is 2. The molecule has 0 amide bonds. The van der Waals surface area contributed by atoms with Gasteiger partial charge in [-0.05, 0) is 30.4 Å². The summed E-state index contributed by atoms with van der Waals surface area (Å²) in [6, 6.07) is 7.08. The highest BCUT2D eigenvalue weighted by molar-refractivity contribution is 7.71. The zero-order chi connectivity index (χ0) is 16.0. The van der Waals surface area contributed by atoms with E-state index >= 15 is 0 Å². The van der Waals surface area contributed by atoms with Crippen LogP contribution >= 0.6 is 35.4 Å². The van der Waals surface area contributed by atoms with Crippen molar-refractivity contribution in [3.63, 3.8) is 0 Å². The SMILES string of the molecule is S=c1[nH]nc(-c2cn3ccc(Cl)cc3n2)n1-c1ccc(Cl)nc1. The zero-order valence-corrected chi connectivity index (χ0v) is 13.8. The van der Waals surface area contributed by atoms with Gasteiger partial charge in [-0.3, -0.25) is 9.67 Å². The molecule has 9 heteroatoms. The quantitative estimate of drug-likeness (QED) is 0.433. The normalized spacial score (nSPS) is 11.2. The Hall–Kier alpha value is -2.22. The van der Waals surface area contributed by atoms with Gasteiger partial charge in [0.2, 0.25) is 0 Å². The first-order valence-corrected chi connectivity index (χ1v) is 7.72. The molecule has 0 unspecified atom stereocenters. The monoisotopic (exact) mass is 362 g/mol. The van der Waals surface area contributed by atoms with E-state index in [2.05, 4.69) is 20.2 Å². The lowest BCUT2D eigenvalue weighted by atomic mass is 10.4. The van der Waals surface area contributed by atoms with E-state index in [0.29, 0.717) is 26.5 Å². The highest BCUT2D eigenvalue weighted by Crippen LogP contribution is 2.22. The fourth-order valence-electron chi connectivity index (χ4n) is 2.27. The molecule has 1 N–H and O–H groups in total. The van der Waals surface area contributed by atoms with E-state index in [1.54, 1.807) is 29.0 Å². The van der Waals surface area contributed by atoms with Crippen LogP contribution in [0.5, 0.6) is 0 Å². The number of H-pyrrole nitrogens is 1. The van der Waals surface area contributed by atoms with Crippen LogP contribution < -0.4 is 0 Å². The summed E-state index contributed by atoms with van der Waals surface area (Å²) in [6.45, 7) is 0. The number of fused-ring (bicyclic) bond motifs is 1. The Balaban J connectivity index is 1.91. The van der Waals surface area contributed by atoms with Crippen LogP contribution in [-0.4, -0.2) is 29.1 Å². The molecule has 0 saturated heterocycles. The van der Waals surface area contributed by atoms with Gasteiger partial charge in [0.25, 0.3) is 0 Å². The number of imidazole rings is 1. The zero-order valence-electron chi connectivity index (χ0n) is 11.4. The van der Waals surface area contributed by atoms with Crippen LogP contribution in [-0.2, 0) is 0 Å². The topological polar surface area (TPSA) is 63.8 Å². The van der Waals surface area contributed by atoms with Gasteiger partial charge in [0, 0.05) is 23.5 Å². The molecule has 0 bridgehead atoms. The van der Waals surface area contributed by atoms with Crippen molar-refractivity contribution in [2.45, 2.75) is 0 Å². The van der Waals surface area contributed by atoms with Gasteiger partial charge in [0.1, 0.15) is 16.5 Å². The standard InChI is InChI=1S/C14H8Cl2N6S/c15-8-3-4-21-7-10(18-12(21)5-8)13-19-20-14(23)22(13)9-1-2-11(16)17-6-9/h1-7H,(H,20,23). The number of aromatic nitrogens is 6. The van der Waals surface area contributed by atoms with Crippen molar-refractivity contribution < 1.29 is 0 Å². The van der Waals surface area contributed by atoms with Gasteiger partial charge in [0.05, 0.1) is 11.9 Å². The van der Waals surface area contributed by atoms with Gasteiger partial charge in [0.15, 0.2) is 10.6 Å². The Morgan fingerprint density at radius 2 is 2.04 bits per heavy atom. The molecule has 0 aliphatic heterocycles. The lowest BCUT2D eigenvalue weighted by Crippen LogP contribution is -1.98. The van der Waals surface area contributed by atoms with Crippen molar-refractivity contribution in [1.82, 2.24) is 29.1 Å². The largest absolute Gasteiger partial charge is 0.306 e. The average Bonchev–Trinajstić information content (AvgIpc) is 3.11. The van der Waals surface area contributed by atoms with Gasteiger partial charge in [-0.25, -0.2) is 9.97 Å². The van der Waals surface area contributed by atoms with Crippen LogP contribution in [0, 0.1) is 4.77 Å². The van der Waals surface area contributed by atoms with Crippen LogP contribution in [0.15, 0.2) is 42.9 Å². The van der Waals surface area contributed by atoms with Crippen LogP contribution in [0.1, 0.15) is 0 Å². The maximum Gasteiger partial charge on any atom is 0.200 e. The second-order valence-corrected chi connectivity index (χ2v) is 5.97. The molecule has 0 saturated carbocycles. The second kappa shape index (κ2) is 5.45. The van der Waals surface area contributed by atoms with Crippen molar-refractivity contribution in [3.8, 4) is 17.2 Å². The lowest BCUT2D eigenvalue weighted by molar-refractivity contribution is 1.02. The predicted molar refractivity (Wildman–Crippen MR) is 90.7 cm³/mol. The minimum atomic E-state index is 0.410. The molecule has 6 nitrogen and oxygen atoms in total. The van der Waals surface area contributed by atoms with Crippen LogP contribution in [0.25, 0.3) is 22.9 Å². The number of pyridine rings is 2. The maximum absolute atomic E-state index is 6.00. The Bertz CT molecular complexity index is 1060. The van der Waals surface area contributed by atoms with Gasteiger partial charge >= 0.3 is 0 Å². The lowest BCUT2D eigenvalue weighted by Gasteiger charge is -2.04. The van der Waals surface area contributed by atoms with E-state index in [9.17, 15) is 0 Å². The highest BCUT2D eigenvalue weighted by Gasteiger charge is 2.14. The van der Waals surface area contributed by atoms with E-state index < -0.39 is 0 Å². The number of hydrogen-bond acceptors (Lipinski definition) is 4. The molecule has 0 aliphatic carbocycles. The molecular formula is C14H8Cl2N6S. The summed E-state index contributed by atoms with van der Waals surface area (Å²) in [7, 11) is 0. The summed E-state index contributed by atoms with van der Waals surface area (Å²) in [6.07, 6.45) is 5.32. The Kier molecular flexibility index (Phi) is 3.41. The van der Waals surface area contributed by atoms with Gasteiger partial charge in [-0.1, -0.05) is 23.2 Å². The fraction of sp³-hybridized carbons (Fsp3) is 0. The second-order valence-electron chi connectivity index (χ2n) is 4.76. The van der Waals surface area contributed by atoms with E-state index in [1.807, 2.05) is 22.9 Å². The van der Waals surface area contributed by atoms with Crippen molar-refractivity contribution in [2.75, 3.05) is 0 Å². The van der Waals surface area contributed by atoms with Crippen molar-refractivity contribution in [2.24, 2.45) is 0 Å². The van der Waals surface area contributed by atoms with E-state index in [-0.39, 0.29) is 0 Å². The molecule has 4 heterocycles. The molecule has 0 aromatic carbocycles. The number of nitrogens with one attached hydrogen (secondary N) is 1. The summed E-state index contributed by atoms with van der Waals surface area (Å²) in [5.41, 5.74) is 2.13. The summed E-state index contributed by atoms with van der Waals surface area (Å²) >= 11 is 17.2. The first-order chi connectivity index (χ1) is 11.1. The first kappa shape index (κ1) is 14.4. The average molecular weight is 363 g/mol. The molecule has 23 heavy (non-hydrogen) atoms. The minimum absolute atomic E-state index is 0.410. The van der Waals surface area contributed by atoms with E-state index in [0.717, 1.165) is 11.3 Å². The molecule has 114 valence electrons. The van der Waals surface area contributed by atoms with Crippen LogP contribution in [0.2, 0.25) is 10.2 Å². The summed E-state index contributed by atoms with van der Waals surface area (Å²) in [4.78, 5) is 8.62. The molecule has 0 radical (unpaired) electrons. The molecule has 4 aromatic heterocycles. The van der Waals surface area contributed by atoms with Crippen molar-refractivity contribution >= 4 is 41.1 Å². The predicted octanol–water partition coefficient (Wildman–Crippen LogP) is 3.95. The van der Waals surface area contributed by atoms with E-state index in [1.165, 1.54) is 0 Å². The molecule has 0 aliphatic rings. The Labute approximate surface area is 145 Å². The highest BCUT2D eigenvalue weighted by atomic mass is 35.5. The number of halogens is 2. The summed E-state index contributed by atoms with van der Waals surface area (Å²) in [5.74, 6) is 0.582. The van der Waals surface area contributed by atoms with Crippen molar-refractivity contribution in [3.05, 3.63) is 57.8 Å². The maximum atomic E-state index is 6.00.